The van der Waals surface area contributed by atoms with Crippen LogP contribution in [0, 0.1) is 0 Å². The molecule has 1 rings (SSSR count). The van der Waals surface area contributed by atoms with Crippen LogP contribution in [0.2, 0.25) is 0 Å². The Morgan fingerprint density at radius 2 is 1.89 bits per heavy atom. The van der Waals surface area contributed by atoms with Gasteiger partial charge in [-0.3, -0.25) is 0 Å². The van der Waals surface area contributed by atoms with E-state index in [4.69, 9.17) is 19.7 Å². The first-order valence-corrected chi connectivity index (χ1v) is 6.26. The Hall–Kier alpha value is -1.10. The Morgan fingerprint density at radius 1 is 1.17 bits per heavy atom. The highest BCUT2D eigenvalue weighted by Gasteiger charge is 2.01. The predicted molar refractivity (Wildman–Crippen MR) is 69.6 cm³/mol. The van der Waals surface area contributed by atoms with Crippen molar-refractivity contribution < 1.29 is 19.7 Å². The van der Waals surface area contributed by atoms with E-state index < -0.39 is 6.10 Å². The van der Waals surface area contributed by atoms with E-state index in [0.29, 0.717) is 19.6 Å². The molecule has 0 aliphatic rings. The number of ether oxygens (including phenoxy) is 2. The molecule has 0 aliphatic carbocycles. The molecule has 0 heterocycles. The number of benzene rings is 1. The molecule has 0 amide bonds. The van der Waals surface area contributed by atoms with Crippen LogP contribution in [0.3, 0.4) is 0 Å². The number of hydrogen-bond acceptors (Lipinski definition) is 4. The van der Waals surface area contributed by atoms with Crippen molar-refractivity contribution in [3.8, 4) is 5.75 Å². The van der Waals surface area contributed by atoms with Crippen molar-refractivity contribution in [3.05, 3.63) is 29.8 Å². The van der Waals surface area contributed by atoms with E-state index in [1.54, 1.807) is 7.11 Å². The monoisotopic (exact) mass is 254 g/mol. The summed E-state index contributed by atoms with van der Waals surface area (Å²) in [4.78, 5) is 0. The zero-order valence-corrected chi connectivity index (χ0v) is 10.8. The van der Waals surface area contributed by atoms with Gasteiger partial charge in [-0.05, 0) is 37.0 Å². The van der Waals surface area contributed by atoms with Crippen LogP contribution in [-0.4, -0.2) is 36.6 Å². The van der Waals surface area contributed by atoms with Crippen LogP contribution in [0.25, 0.3) is 0 Å². The zero-order valence-electron chi connectivity index (χ0n) is 10.8. The van der Waals surface area contributed by atoms with Crippen molar-refractivity contribution in [3.63, 3.8) is 0 Å². The van der Waals surface area contributed by atoms with Gasteiger partial charge in [0.25, 0.3) is 0 Å². The standard InChI is InChI=1S/C14H22O4/c1-17-14-7-5-12(6-8-14)11-18-9-3-2-4-13(16)10-15/h5-8,13,15-16H,2-4,9-11H2,1H3/t13-/m1/s1. The number of hydrogen-bond donors (Lipinski definition) is 2. The van der Waals surface area contributed by atoms with Gasteiger partial charge in [0.15, 0.2) is 0 Å². The van der Waals surface area contributed by atoms with E-state index in [2.05, 4.69) is 0 Å². The Kier molecular flexibility index (Phi) is 7.41. The van der Waals surface area contributed by atoms with E-state index in [1.165, 1.54) is 0 Å². The van der Waals surface area contributed by atoms with Crippen LogP contribution in [0.15, 0.2) is 24.3 Å². The maximum absolute atomic E-state index is 9.14. The molecule has 0 aliphatic heterocycles. The summed E-state index contributed by atoms with van der Waals surface area (Å²) < 4.78 is 10.6. The van der Waals surface area contributed by atoms with Crippen molar-refractivity contribution in [2.75, 3.05) is 20.3 Å². The number of unbranched alkanes of at least 4 members (excludes halogenated alkanes) is 1. The Balaban J connectivity index is 2.06. The molecule has 0 bridgehead atoms. The number of aliphatic hydroxyl groups is 2. The lowest BCUT2D eigenvalue weighted by Crippen LogP contribution is -2.11. The van der Waals surface area contributed by atoms with E-state index in [-0.39, 0.29) is 6.61 Å². The maximum Gasteiger partial charge on any atom is 0.118 e. The van der Waals surface area contributed by atoms with E-state index in [1.807, 2.05) is 24.3 Å². The normalized spacial score (nSPS) is 12.4. The van der Waals surface area contributed by atoms with Gasteiger partial charge in [-0.1, -0.05) is 12.1 Å². The highest BCUT2D eigenvalue weighted by Crippen LogP contribution is 2.12. The van der Waals surface area contributed by atoms with Gasteiger partial charge in [0.05, 0.1) is 26.4 Å². The average Bonchev–Trinajstić information content (AvgIpc) is 2.43. The summed E-state index contributed by atoms with van der Waals surface area (Å²) in [7, 11) is 1.65. The molecule has 1 aromatic rings. The molecule has 2 N–H and O–H groups in total. The molecule has 0 saturated carbocycles. The van der Waals surface area contributed by atoms with Gasteiger partial charge < -0.3 is 19.7 Å². The summed E-state index contributed by atoms with van der Waals surface area (Å²) in [5, 5.41) is 17.8. The Bertz CT molecular complexity index is 310. The molecule has 4 heteroatoms. The van der Waals surface area contributed by atoms with E-state index >= 15 is 0 Å². The Morgan fingerprint density at radius 3 is 2.50 bits per heavy atom. The van der Waals surface area contributed by atoms with Crippen LogP contribution < -0.4 is 4.74 Å². The minimum atomic E-state index is -0.591. The summed E-state index contributed by atoms with van der Waals surface area (Å²) >= 11 is 0. The fourth-order valence-corrected chi connectivity index (χ4v) is 1.59. The van der Waals surface area contributed by atoms with Crippen molar-refractivity contribution >= 4 is 0 Å². The van der Waals surface area contributed by atoms with Gasteiger partial charge in [-0.25, -0.2) is 0 Å². The third-order valence-electron chi connectivity index (χ3n) is 2.71. The molecular weight excluding hydrogens is 232 g/mol. The van der Waals surface area contributed by atoms with Crippen LogP contribution in [0.5, 0.6) is 5.75 Å². The van der Waals surface area contributed by atoms with Gasteiger partial charge >= 0.3 is 0 Å². The van der Waals surface area contributed by atoms with Gasteiger partial charge in [0, 0.05) is 6.61 Å². The highest BCUT2D eigenvalue weighted by atomic mass is 16.5. The summed E-state index contributed by atoms with van der Waals surface area (Å²) in [6, 6.07) is 7.79. The van der Waals surface area contributed by atoms with Crippen molar-refractivity contribution in [2.24, 2.45) is 0 Å². The summed E-state index contributed by atoms with van der Waals surface area (Å²) in [5.41, 5.74) is 1.12. The second-order valence-corrected chi connectivity index (χ2v) is 4.23. The first-order valence-electron chi connectivity index (χ1n) is 6.26. The quantitative estimate of drug-likeness (QED) is 0.659. The van der Waals surface area contributed by atoms with Crippen LogP contribution >= 0.6 is 0 Å². The lowest BCUT2D eigenvalue weighted by Gasteiger charge is -2.07. The lowest BCUT2D eigenvalue weighted by atomic mass is 10.2. The predicted octanol–water partition coefficient (Wildman–Crippen LogP) is 1.74. The fraction of sp³-hybridized carbons (Fsp3) is 0.571. The summed E-state index contributed by atoms with van der Waals surface area (Å²) in [6.07, 6.45) is 1.80. The van der Waals surface area contributed by atoms with E-state index in [0.717, 1.165) is 24.2 Å². The molecule has 0 unspecified atom stereocenters. The summed E-state index contributed by atoms with van der Waals surface area (Å²) in [6.45, 7) is 1.10. The van der Waals surface area contributed by atoms with Crippen molar-refractivity contribution in [1.82, 2.24) is 0 Å². The third-order valence-corrected chi connectivity index (χ3v) is 2.71. The maximum atomic E-state index is 9.14. The molecule has 0 saturated heterocycles. The van der Waals surface area contributed by atoms with Crippen LogP contribution in [-0.2, 0) is 11.3 Å². The topological polar surface area (TPSA) is 58.9 Å². The van der Waals surface area contributed by atoms with Gasteiger partial charge in [-0.2, -0.15) is 0 Å². The molecule has 0 spiro atoms. The minimum Gasteiger partial charge on any atom is -0.497 e. The summed E-state index contributed by atoms with van der Waals surface area (Å²) in [5.74, 6) is 0.844. The Labute approximate surface area is 108 Å². The fourth-order valence-electron chi connectivity index (χ4n) is 1.59. The minimum absolute atomic E-state index is 0.160. The van der Waals surface area contributed by atoms with Crippen LogP contribution in [0.1, 0.15) is 24.8 Å². The molecule has 1 atom stereocenters. The number of rotatable bonds is 9. The molecule has 0 aromatic heterocycles. The van der Waals surface area contributed by atoms with Gasteiger partial charge in [0.1, 0.15) is 5.75 Å². The molecular formula is C14H22O4. The third kappa shape index (κ3) is 6.00. The van der Waals surface area contributed by atoms with Crippen molar-refractivity contribution in [2.45, 2.75) is 32.0 Å². The zero-order chi connectivity index (χ0) is 13.2. The molecule has 0 radical (unpaired) electrons. The smallest absolute Gasteiger partial charge is 0.118 e. The molecule has 1 aromatic carbocycles. The first-order chi connectivity index (χ1) is 8.76. The number of aliphatic hydroxyl groups excluding tert-OH is 2. The molecule has 18 heavy (non-hydrogen) atoms. The number of methoxy groups -OCH3 is 1. The average molecular weight is 254 g/mol. The van der Waals surface area contributed by atoms with Gasteiger partial charge in [-0.15, -0.1) is 0 Å². The first kappa shape index (κ1) is 15.0. The second-order valence-electron chi connectivity index (χ2n) is 4.23. The molecule has 102 valence electrons. The highest BCUT2D eigenvalue weighted by molar-refractivity contribution is 5.26. The van der Waals surface area contributed by atoms with E-state index in [9.17, 15) is 0 Å². The molecule has 0 fully saturated rings. The molecule has 4 nitrogen and oxygen atoms in total. The second kappa shape index (κ2) is 8.91. The van der Waals surface area contributed by atoms with Crippen molar-refractivity contribution in [1.29, 1.82) is 0 Å². The van der Waals surface area contributed by atoms with Gasteiger partial charge in [0.2, 0.25) is 0 Å². The largest absolute Gasteiger partial charge is 0.497 e. The van der Waals surface area contributed by atoms with Crippen LogP contribution in [0.4, 0.5) is 0 Å². The lowest BCUT2D eigenvalue weighted by molar-refractivity contribution is 0.0785. The SMILES string of the molecule is COc1ccc(COCCCC[C@@H](O)CO)cc1.